The van der Waals surface area contributed by atoms with Crippen molar-refractivity contribution in [2.75, 3.05) is 25.0 Å². The van der Waals surface area contributed by atoms with Crippen LogP contribution >= 0.6 is 0 Å². The van der Waals surface area contributed by atoms with Gasteiger partial charge in [-0.25, -0.2) is 0 Å². The standard InChI is InChI=1S/C17H23N3/c1-5-20(12-13(2)3)17-10-14(11-18-4)19-16-9-7-6-8-15(16)17/h6-10,18H,2,5,11-12H2,1,3-4H3. The zero-order chi connectivity index (χ0) is 14.5. The maximum atomic E-state index is 4.71. The Morgan fingerprint density at radius 1 is 1.35 bits per heavy atom. The molecule has 1 heterocycles. The summed E-state index contributed by atoms with van der Waals surface area (Å²) >= 11 is 0. The van der Waals surface area contributed by atoms with E-state index < -0.39 is 0 Å². The monoisotopic (exact) mass is 269 g/mol. The van der Waals surface area contributed by atoms with Crippen LogP contribution in [-0.4, -0.2) is 25.1 Å². The van der Waals surface area contributed by atoms with Gasteiger partial charge in [-0.05, 0) is 33.0 Å². The number of hydrogen-bond donors (Lipinski definition) is 1. The smallest absolute Gasteiger partial charge is 0.0726 e. The second kappa shape index (κ2) is 6.53. The lowest BCUT2D eigenvalue weighted by atomic mass is 10.1. The molecule has 1 N–H and O–H groups in total. The third-order valence-corrected chi connectivity index (χ3v) is 3.29. The largest absolute Gasteiger partial charge is 0.367 e. The number of nitrogens with one attached hydrogen (secondary N) is 1. The predicted octanol–water partition coefficient (Wildman–Crippen LogP) is 3.36. The van der Waals surface area contributed by atoms with Crippen LogP contribution in [0.25, 0.3) is 10.9 Å². The molecule has 2 aromatic rings. The highest BCUT2D eigenvalue weighted by atomic mass is 15.1. The van der Waals surface area contributed by atoms with Crippen LogP contribution in [0.15, 0.2) is 42.5 Å². The molecule has 0 unspecified atom stereocenters. The molecule has 0 fully saturated rings. The van der Waals surface area contributed by atoms with Gasteiger partial charge in [0.1, 0.15) is 0 Å². The van der Waals surface area contributed by atoms with Crippen molar-refractivity contribution in [1.82, 2.24) is 10.3 Å². The summed E-state index contributed by atoms with van der Waals surface area (Å²) in [6.07, 6.45) is 0. The van der Waals surface area contributed by atoms with Gasteiger partial charge in [0.2, 0.25) is 0 Å². The van der Waals surface area contributed by atoms with Gasteiger partial charge in [0.05, 0.1) is 11.2 Å². The predicted molar refractivity (Wildman–Crippen MR) is 87.2 cm³/mol. The fourth-order valence-electron chi connectivity index (χ4n) is 2.44. The van der Waals surface area contributed by atoms with Crippen LogP contribution in [0.3, 0.4) is 0 Å². The molecule has 3 heteroatoms. The highest BCUT2D eigenvalue weighted by molar-refractivity contribution is 5.92. The fraction of sp³-hybridized carbons (Fsp3) is 0.353. The zero-order valence-corrected chi connectivity index (χ0v) is 12.6. The normalized spacial score (nSPS) is 10.8. The summed E-state index contributed by atoms with van der Waals surface area (Å²) in [6.45, 7) is 10.9. The molecule has 0 saturated heterocycles. The fourth-order valence-corrected chi connectivity index (χ4v) is 2.44. The van der Waals surface area contributed by atoms with E-state index in [1.165, 1.54) is 16.6 Å². The molecule has 106 valence electrons. The van der Waals surface area contributed by atoms with E-state index in [0.29, 0.717) is 0 Å². The molecule has 0 radical (unpaired) electrons. The maximum absolute atomic E-state index is 4.71. The Morgan fingerprint density at radius 3 is 2.75 bits per heavy atom. The summed E-state index contributed by atoms with van der Waals surface area (Å²) in [6, 6.07) is 10.5. The Bertz CT molecular complexity index is 604. The first kappa shape index (κ1) is 14.5. The molecule has 0 bridgehead atoms. The summed E-state index contributed by atoms with van der Waals surface area (Å²) in [7, 11) is 1.95. The zero-order valence-electron chi connectivity index (χ0n) is 12.6. The van der Waals surface area contributed by atoms with Gasteiger partial charge in [-0.1, -0.05) is 30.4 Å². The van der Waals surface area contributed by atoms with Gasteiger partial charge in [-0.3, -0.25) is 4.98 Å². The average Bonchev–Trinajstić information content (AvgIpc) is 2.44. The van der Waals surface area contributed by atoms with Gasteiger partial charge < -0.3 is 10.2 Å². The van der Waals surface area contributed by atoms with E-state index >= 15 is 0 Å². The highest BCUT2D eigenvalue weighted by Gasteiger charge is 2.11. The molecule has 3 nitrogen and oxygen atoms in total. The Balaban J connectivity index is 2.55. The van der Waals surface area contributed by atoms with Crippen LogP contribution in [0, 0.1) is 0 Å². The third kappa shape index (κ3) is 3.17. The molecule has 0 saturated carbocycles. The summed E-state index contributed by atoms with van der Waals surface area (Å²) in [4.78, 5) is 7.06. The summed E-state index contributed by atoms with van der Waals surface area (Å²) in [5.41, 5.74) is 4.53. The number of likely N-dealkylation sites (N-methyl/N-ethyl adjacent to an activating group) is 1. The van der Waals surface area contributed by atoms with Gasteiger partial charge >= 0.3 is 0 Å². The van der Waals surface area contributed by atoms with Crippen LogP contribution in [0.4, 0.5) is 5.69 Å². The molecule has 2 rings (SSSR count). The lowest BCUT2D eigenvalue weighted by molar-refractivity contribution is 0.792. The van der Waals surface area contributed by atoms with Gasteiger partial charge in [0, 0.05) is 30.7 Å². The summed E-state index contributed by atoms with van der Waals surface area (Å²) in [5.74, 6) is 0. The van der Waals surface area contributed by atoms with Crippen molar-refractivity contribution in [3.8, 4) is 0 Å². The quantitative estimate of drug-likeness (QED) is 0.815. The number of rotatable bonds is 6. The van der Waals surface area contributed by atoms with Crippen molar-refractivity contribution in [2.45, 2.75) is 20.4 Å². The van der Waals surface area contributed by atoms with E-state index in [1.54, 1.807) is 0 Å². The van der Waals surface area contributed by atoms with E-state index in [0.717, 1.165) is 30.8 Å². The first-order valence-corrected chi connectivity index (χ1v) is 7.08. The topological polar surface area (TPSA) is 28.2 Å². The van der Waals surface area contributed by atoms with E-state index in [1.807, 2.05) is 13.1 Å². The molecule has 0 aliphatic heterocycles. The first-order valence-electron chi connectivity index (χ1n) is 7.08. The van der Waals surface area contributed by atoms with E-state index in [-0.39, 0.29) is 0 Å². The Hall–Kier alpha value is -1.87. The lowest BCUT2D eigenvalue weighted by Gasteiger charge is -2.25. The molecule has 0 spiro atoms. The van der Waals surface area contributed by atoms with Gasteiger partial charge in [0.25, 0.3) is 0 Å². The Kier molecular flexibility index (Phi) is 4.74. The molecule has 1 aromatic carbocycles. The molecule has 0 aliphatic rings. The number of pyridine rings is 1. The van der Waals surface area contributed by atoms with Gasteiger partial charge in [-0.15, -0.1) is 0 Å². The molecule has 1 aromatic heterocycles. The summed E-state index contributed by atoms with van der Waals surface area (Å²) < 4.78 is 0. The maximum Gasteiger partial charge on any atom is 0.0726 e. The number of hydrogen-bond acceptors (Lipinski definition) is 3. The van der Waals surface area contributed by atoms with Gasteiger partial charge in [0.15, 0.2) is 0 Å². The van der Waals surface area contributed by atoms with Crippen molar-refractivity contribution >= 4 is 16.6 Å². The number of nitrogens with zero attached hydrogens (tertiary/aromatic N) is 2. The minimum Gasteiger partial charge on any atom is -0.367 e. The van der Waals surface area contributed by atoms with Crippen molar-refractivity contribution in [3.63, 3.8) is 0 Å². The Labute approximate surface area is 121 Å². The number of fused-ring (bicyclic) bond motifs is 1. The summed E-state index contributed by atoms with van der Waals surface area (Å²) in [5, 5.41) is 4.38. The van der Waals surface area contributed by atoms with Gasteiger partial charge in [-0.2, -0.15) is 0 Å². The van der Waals surface area contributed by atoms with Crippen LogP contribution < -0.4 is 10.2 Å². The van der Waals surface area contributed by atoms with E-state index in [2.05, 4.69) is 54.9 Å². The van der Waals surface area contributed by atoms with Crippen molar-refractivity contribution in [1.29, 1.82) is 0 Å². The number of anilines is 1. The van der Waals surface area contributed by atoms with Crippen LogP contribution in [0.2, 0.25) is 0 Å². The average molecular weight is 269 g/mol. The molecular weight excluding hydrogens is 246 g/mol. The van der Waals surface area contributed by atoms with Crippen LogP contribution in [-0.2, 0) is 6.54 Å². The SMILES string of the molecule is C=C(C)CN(CC)c1cc(CNC)nc2ccccc12. The minimum atomic E-state index is 0.780. The number of para-hydroxylation sites is 1. The van der Waals surface area contributed by atoms with Crippen molar-refractivity contribution in [2.24, 2.45) is 0 Å². The molecular formula is C17H23N3. The number of benzene rings is 1. The minimum absolute atomic E-state index is 0.780. The van der Waals surface area contributed by atoms with Crippen molar-refractivity contribution < 1.29 is 0 Å². The van der Waals surface area contributed by atoms with Crippen molar-refractivity contribution in [3.05, 3.63) is 48.2 Å². The Morgan fingerprint density at radius 2 is 2.10 bits per heavy atom. The molecule has 0 aliphatic carbocycles. The molecule has 0 amide bonds. The van der Waals surface area contributed by atoms with Crippen LogP contribution in [0.5, 0.6) is 0 Å². The van der Waals surface area contributed by atoms with Crippen LogP contribution in [0.1, 0.15) is 19.5 Å². The third-order valence-electron chi connectivity index (χ3n) is 3.29. The van der Waals surface area contributed by atoms with E-state index in [9.17, 15) is 0 Å². The lowest BCUT2D eigenvalue weighted by Crippen LogP contribution is -2.25. The molecule has 0 atom stereocenters. The first-order chi connectivity index (χ1) is 9.65. The second-order valence-corrected chi connectivity index (χ2v) is 5.15. The molecule has 20 heavy (non-hydrogen) atoms. The van der Waals surface area contributed by atoms with E-state index in [4.69, 9.17) is 4.98 Å². The number of aromatic nitrogens is 1. The highest BCUT2D eigenvalue weighted by Crippen LogP contribution is 2.27. The second-order valence-electron chi connectivity index (χ2n) is 5.15.